The molecule has 2 aliphatic rings. The molecule has 0 bridgehead atoms. The summed E-state index contributed by atoms with van der Waals surface area (Å²) in [5, 5.41) is 11.4. The van der Waals surface area contributed by atoms with E-state index >= 15 is 0 Å². The van der Waals surface area contributed by atoms with Gasteiger partial charge in [0.25, 0.3) is 0 Å². The number of thiazole rings is 1. The summed E-state index contributed by atoms with van der Waals surface area (Å²) in [5.74, 6) is 0.449. The molecule has 18 heavy (non-hydrogen) atoms. The lowest BCUT2D eigenvalue weighted by Gasteiger charge is -2.31. The fraction of sp³-hybridized carbons (Fsp3) is 0.786. The molecule has 4 heteroatoms. The van der Waals surface area contributed by atoms with E-state index in [9.17, 15) is 5.11 Å². The summed E-state index contributed by atoms with van der Waals surface area (Å²) < 4.78 is 5.54. The van der Waals surface area contributed by atoms with Gasteiger partial charge in [-0.05, 0) is 31.1 Å². The maximum absolute atomic E-state index is 10.2. The topological polar surface area (TPSA) is 42.4 Å². The lowest BCUT2D eigenvalue weighted by molar-refractivity contribution is 0.0802. The van der Waals surface area contributed by atoms with Gasteiger partial charge in [-0.1, -0.05) is 13.8 Å². The fourth-order valence-electron chi connectivity index (χ4n) is 3.02. The highest BCUT2D eigenvalue weighted by atomic mass is 32.1. The number of aromatic nitrogens is 1. The van der Waals surface area contributed by atoms with Gasteiger partial charge in [0.05, 0.1) is 28.3 Å². The number of ether oxygens (including phenoxy) is 1. The van der Waals surface area contributed by atoms with Crippen LogP contribution in [0.5, 0.6) is 0 Å². The van der Waals surface area contributed by atoms with E-state index in [0.717, 1.165) is 43.0 Å². The first-order chi connectivity index (χ1) is 8.55. The molecular weight excluding hydrogens is 246 g/mol. The average molecular weight is 267 g/mol. The Hall–Kier alpha value is -0.450. The Bertz CT molecular complexity index is 435. The fourth-order valence-corrected chi connectivity index (χ4v) is 4.21. The summed E-state index contributed by atoms with van der Waals surface area (Å²) in [6.07, 6.45) is 3.82. The standard InChI is InChI=1S/C14H21NO2S/c1-14(2)6-10-12(11(16)7-14)18-13(15-10)9-4-3-5-17-8-9/h9,11,16H,3-8H2,1-2H3. The third kappa shape index (κ3) is 2.33. The van der Waals surface area contributed by atoms with Crippen molar-refractivity contribution >= 4 is 11.3 Å². The van der Waals surface area contributed by atoms with Crippen LogP contribution in [-0.4, -0.2) is 23.3 Å². The van der Waals surface area contributed by atoms with E-state index in [0.29, 0.717) is 5.92 Å². The minimum atomic E-state index is -0.320. The van der Waals surface area contributed by atoms with Crippen LogP contribution in [0.3, 0.4) is 0 Å². The number of aliphatic hydroxyl groups is 1. The average Bonchev–Trinajstić information content (AvgIpc) is 2.72. The normalized spacial score (nSPS) is 31.1. The Kier molecular flexibility index (Phi) is 3.20. The van der Waals surface area contributed by atoms with Crippen LogP contribution in [0.1, 0.15) is 60.7 Å². The van der Waals surface area contributed by atoms with Crippen LogP contribution in [0.2, 0.25) is 0 Å². The number of aliphatic hydroxyl groups excluding tert-OH is 1. The van der Waals surface area contributed by atoms with E-state index in [1.54, 1.807) is 11.3 Å². The molecule has 1 aromatic rings. The zero-order chi connectivity index (χ0) is 12.8. The molecule has 1 aromatic heterocycles. The predicted molar refractivity (Wildman–Crippen MR) is 72.0 cm³/mol. The second kappa shape index (κ2) is 4.58. The van der Waals surface area contributed by atoms with Crippen molar-refractivity contribution in [1.29, 1.82) is 0 Å². The van der Waals surface area contributed by atoms with Crippen LogP contribution < -0.4 is 0 Å². The number of hydrogen-bond donors (Lipinski definition) is 1. The molecule has 100 valence electrons. The van der Waals surface area contributed by atoms with Gasteiger partial charge in [0.2, 0.25) is 0 Å². The smallest absolute Gasteiger partial charge is 0.0986 e. The predicted octanol–water partition coefficient (Wildman–Crippen LogP) is 3.04. The molecule has 1 aliphatic carbocycles. The van der Waals surface area contributed by atoms with E-state index in [2.05, 4.69) is 13.8 Å². The monoisotopic (exact) mass is 267 g/mol. The molecule has 0 aromatic carbocycles. The first-order valence-corrected chi connectivity index (χ1v) is 7.62. The second-order valence-electron chi connectivity index (χ2n) is 6.34. The summed E-state index contributed by atoms with van der Waals surface area (Å²) in [4.78, 5) is 5.91. The van der Waals surface area contributed by atoms with Gasteiger partial charge in [0.15, 0.2) is 0 Å². The van der Waals surface area contributed by atoms with Crippen LogP contribution >= 0.6 is 11.3 Å². The van der Waals surface area contributed by atoms with E-state index in [-0.39, 0.29) is 11.5 Å². The van der Waals surface area contributed by atoms with Gasteiger partial charge < -0.3 is 9.84 Å². The Labute approximate surface area is 112 Å². The molecule has 3 nitrogen and oxygen atoms in total. The molecule has 0 amide bonds. The Morgan fingerprint density at radius 1 is 1.44 bits per heavy atom. The summed E-state index contributed by atoms with van der Waals surface area (Å²) >= 11 is 1.71. The zero-order valence-electron chi connectivity index (χ0n) is 11.1. The largest absolute Gasteiger partial charge is 0.387 e. The van der Waals surface area contributed by atoms with Crippen molar-refractivity contribution in [3.05, 3.63) is 15.6 Å². The van der Waals surface area contributed by atoms with Gasteiger partial charge >= 0.3 is 0 Å². The van der Waals surface area contributed by atoms with Crippen LogP contribution in [0, 0.1) is 5.41 Å². The highest BCUT2D eigenvalue weighted by molar-refractivity contribution is 7.11. The molecule has 1 fully saturated rings. The Morgan fingerprint density at radius 3 is 3.00 bits per heavy atom. The van der Waals surface area contributed by atoms with E-state index in [1.807, 2.05) is 0 Å². The van der Waals surface area contributed by atoms with Crippen molar-refractivity contribution in [3.8, 4) is 0 Å². The molecule has 2 unspecified atom stereocenters. The Morgan fingerprint density at radius 2 is 2.28 bits per heavy atom. The molecule has 2 heterocycles. The van der Waals surface area contributed by atoms with Crippen molar-refractivity contribution in [2.45, 2.75) is 51.6 Å². The number of rotatable bonds is 1. The molecule has 1 N–H and O–H groups in total. The first kappa shape index (κ1) is 12.6. The van der Waals surface area contributed by atoms with Gasteiger partial charge in [-0.25, -0.2) is 4.98 Å². The SMILES string of the molecule is CC1(C)Cc2nc(C3CCCOC3)sc2C(O)C1. The van der Waals surface area contributed by atoms with Gasteiger partial charge in [-0.15, -0.1) is 11.3 Å². The van der Waals surface area contributed by atoms with Crippen molar-refractivity contribution in [1.82, 2.24) is 4.98 Å². The number of nitrogens with zero attached hydrogens (tertiary/aromatic N) is 1. The van der Waals surface area contributed by atoms with Gasteiger partial charge in [0, 0.05) is 12.5 Å². The van der Waals surface area contributed by atoms with Gasteiger partial charge in [0.1, 0.15) is 0 Å². The maximum Gasteiger partial charge on any atom is 0.0986 e. The molecule has 1 aliphatic heterocycles. The van der Waals surface area contributed by atoms with E-state index in [4.69, 9.17) is 9.72 Å². The van der Waals surface area contributed by atoms with Crippen LogP contribution in [0.15, 0.2) is 0 Å². The number of fused-ring (bicyclic) bond motifs is 1. The second-order valence-corrected chi connectivity index (χ2v) is 7.40. The van der Waals surface area contributed by atoms with Crippen LogP contribution in [-0.2, 0) is 11.2 Å². The van der Waals surface area contributed by atoms with Crippen molar-refractivity contribution in [2.75, 3.05) is 13.2 Å². The van der Waals surface area contributed by atoms with Gasteiger partial charge in [-0.3, -0.25) is 0 Å². The van der Waals surface area contributed by atoms with Gasteiger partial charge in [-0.2, -0.15) is 0 Å². The van der Waals surface area contributed by atoms with E-state index in [1.165, 1.54) is 11.4 Å². The maximum atomic E-state index is 10.2. The third-order valence-electron chi connectivity index (χ3n) is 3.95. The molecular formula is C14H21NO2S. The van der Waals surface area contributed by atoms with Crippen molar-refractivity contribution in [3.63, 3.8) is 0 Å². The molecule has 1 saturated heterocycles. The summed E-state index contributed by atoms with van der Waals surface area (Å²) in [7, 11) is 0. The number of hydrogen-bond acceptors (Lipinski definition) is 4. The minimum absolute atomic E-state index is 0.167. The highest BCUT2D eigenvalue weighted by Gasteiger charge is 2.35. The lowest BCUT2D eigenvalue weighted by atomic mass is 9.77. The third-order valence-corrected chi connectivity index (χ3v) is 5.31. The zero-order valence-corrected chi connectivity index (χ0v) is 11.9. The van der Waals surface area contributed by atoms with Crippen molar-refractivity contribution < 1.29 is 9.84 Å². The van der Waals surface area contributed by atoms with E-state index < -0.39 is 0 Å². The minimum Gasteiger partial charge on any atom is -0.387 e. The molecule has 0 radical (unpaired) electrons. The van der Waals surface area contributed by atoms with Crippen LogP contribution in [0.4, 0.5) is 0 Å². The lowest BCUT2D eigenvalue weighted by Crippen LogP contribution is -2.24. The highest BCUT2D eigenvalue weighted by Crippen LogP contribution is 2.44. The summed E-state index contributed by atoms with van der Waals surface area (Å²) in [6.45, 7) is 6.10. The first-order valence-electron chi connectivity index (χ1n) is 6.80. The molecule has 2 atom stereocenters. The summed E-state index contributed by atoms with van der Waals surface area (Å²) in [6, 6.07) is 0. The summed E-state index contributed by atoms with van der Waals surface area (Å²) in [5.41, 5.74) is 1.30. The molecule has 3 rings (SSSR count). The quantitative estimate of drug-likeness (QED) is 0.850. The molecule has 0 spiro atoms. The molecule has 0 saturated carbocycles. The van der Waals surface area contributed by atoms with Crippen molar-refractivity contribution in [2.24, 2.45) is 5.41 Å². The Balaban J connectivity index is 1.87. The van der Waals surface area contributed by atoms with Crippen LogP contribution in [0.25, 0.3) is 0 Å².